The number of nitrogens with one attached hydrogen (secondary N) is 1. The van der Waals surface area contributed by atoms with Gasteiger partial charge in [-0.2, -0.15) is 0 Å². The number of carbonyl (C=O) groups excluding carboxylic acids is 1. The minimum atomic E-state index is -0.441. The Bertz CT molecular complexity index is 624. The maximum atomic E-state index is 12.1. The molecule has 2 aromatic rings. The molecule has 3 rings (SSSR count). The highest BCUT2D eigenvalue weighted by Gasteiger charge is 2.40. The van der Waals surface area contributed by atoms with Crippen LogP contribution in [0.2, 0.25) is 0 Å². The smallest absolute Gasteiger partial charge is 0.309 e. The molecule has 1 fully saturated rings. The lowest BCUT2D eigenvalue weighted by atomic mass is 9.92. The minimum Gasteiger partial charge on any atom is -0.461 e. The molecule has 120 valence electrons. The van der Waals surface area contributed by atoms with Crippen LogP contribution >= 0.6 is 0 Å². The molecule has 0 spiro atoms. The van der Waals surface area contributed by atoms with Gasteiger partial charge in [0.15, 0.2) is 0 Å². The summed E-state index contributed by atoms with van der Waals surface area (Å²) in [7, 11) is 0. The van der Waals surface area contributed by atoms with E-state index in [0.717, 1.165) is 11.1 Å². The monoisotopic (exact) mass is 311 g/mol. The largest absolute Gasteiger partial charge is 0.461 e. The summed E-state index contributed by atoms with van der Waals surface area (Å²) in [5.74, 6) is -0.219. The van der Waals surface area contributed by atoms with Crippen LogP contribution in [0.15, 0.2) is 60.7 Å². The van der Waals surface area contributed by atoms with Gasteiger partial charge in [-0.1, -0.05) is 60.7 Å². The van der Waals surface area contributed by atoms with Gasteiger partial charge in [0.25, 0.3) is 0 Å². The van der Waals surface area contributed by atoms with E-state index in [-0.39, 0.29) is 12.4 Å². The van der Waals surface area contributed by atoms with Crippen molar-refractivity contribution in [2.75, 3.05) is 13.1 Å². The predicted octanol–water partition coefficient (Wildman–Crippen LogP) is 2.68. The fourth-order valence-electron chi connectivity index (χ4n) is 2.54. The molecule has 2 aromatic carbocycles. The van der Waals surface area contributed by atoms with E-state index in [4.69, 9.17) is 9.47 Å². The SMILES string of the molecule is O=C(CC1(OCc2ccccc2)CNC1)OCc1ccccc1. The Hall–Kier alpha value is -2.17. The van der Waals surface area contributed by atoms with E-state index < -0.39 is 5.60 Å². The molecule has 23 heavy (non-hydrogen) atoms. The van der Waals surface area contributed by atoms with Crippen molar-refractivity contribution < 1.29 is 14.3 Å². The Kier molecular flexibility index (Phi) is 5.05. The molecule has 0 atom stereocenters. The van der Waals surface area contributed by atoms with E-state index in [0.29, 0.717) is 26.3 Å². The molecule has 4 nitrogen and oxygen atoms in total. The van der Waals surface area contributed by atoms with E-state index in [1.54, 1.807) is 0 Å². The third-order valence-corrected chi connectivity index (χ3v) is 3.99. The number of ether oxygens (including phenoxy) is 2. The summed E-state index contributed by atoms with van der Waals surface area (Å²) < 4.78 is 11.4. The molecule has 1 heterocycles. The first kappa shape index (κ1) is 15.7. The van der Waals surface area contributed by atoms with Crippen molar-refractivity contribution in [1.82, 2.24) is 5.32 Å². The molecular weight excluding hydrogens is 290 g/mol. The second kappa shape index (κ2) is 7.40. The Labute approximate surface area is 136 Å². The number of benzene rings is 2. The van der Waals surface area contributed by atoms with Gasteiger partial charge in [0, 0.05) is 13.1 Å². The Morgan fingerprint density at radius 1 is 0.913 bits per heavy atom. The zero-order valence-electron chi connectivity index (χ0n) is 13.0. The lowest BCUT2D eigenvalue weighted by molar-refractivity contribution is -0.159. The summed E-state index contributed by atoms with van der Waals surface area (Å²) >= 11 is 0. The standard InChI is InChI=1S/C19H21NO3/c21-18(22-12-16-7-3-1-4-8-16)11-19(14-20-15-19)23-13-17-9-5-2-6-10-17/h1-10,20H,11-15H2. The van der Waals surface area contributed by atoms with Crippen LogP contribution in [0.25, 0.3) is 0 Å². The normalized spacial score (nSPS) is 15.7. The Morgan fingerprint density at radius 2 is 1.48 bits per heavy atom. The quantitative estimate of drug-likeness (QED) is 0.799. The third kappa shape index (κ3) is 4.41. The lowest BCUT2D eigenvalue weighted by Crippen LogP contribution is -2.62. The number of carbonyl (C=O) groups is 1. The zero-order chi connectivity index (χ0) is 16.0. The summed E-state index contributed by atoms with van der Waals surface area (Å²) in [5, 5.41) is 3.18. The fraction of sp³-hybridized carbons (Fsp3) is 0.316. The molecule has 0 aliphatic carbocycles. The summed E-state index contributed by atoms with van der Waals surface area (Å²) in [4.78, 5) is 12.1. The maximum absolute atomic E-state index is 12.1. The van der Waals surface area contributed by atoms with E-state index >= 15 is 0 Å². The van der Waals surface area contributed by atoms with Crippen molar-refractivity contribution in [2.24, 2.45) is 0 Å². The lowest BCUT2D eigenvalue weighted by Gasteiger charge is -2.41. The highest BCUT2D eigenvalue weighted by atomic mass is 16.5. The van der Waals surface area contributed by atoms with Crippen LogP contribution in [0.3, 0.4) is 0 Å². The van der Waals surface area contributed by atoms with Crippen LogP contribution in [0.4, 0.5) is 0 Å². The van der Waals surface area contributed by atoms with E-state index in [2.05, 4.69) is 5.32 Å². The molecular formula is C19H21NO3. The molecule has 0 saturated carbocycles. The predicted molar refractivity (Wildman–Crippen MR) is 87.7 cm³/mol. The molecule has 4 heteroatoms. The van der Waals surface area contributed by atoms with Gasteiger partial charge in [-0.3, -0.25) is 4.79 Å². The molecule has 1 aliphatic heterocycles. The molecule has 1 aliphatic rings. The van der Waals surface area contributed by atoms with Crippen LogP contribution < -0.4 is 5.32 Å². The first-order chi connectivity index (χ1) is 11.3. The first-order valence-corrected chi connectivity index (χ1v) is 7.84. The highest BCUT2D eigenvalue weighted by Crippen LogP contribution is 2.24. The number of hydrogen-bond acceptors (Lipinski definition) is 4. The van der Waals surface area contributed by atoms with E-state index in [1.165, 1.54) is 0 Å². The molecule has 1 saturated heterocycles. The van der Waals surface area contributed by atoms with Crippen LogP contribution in [-0.2, 0) is 27.5 Å². The third-order valence-electron chi connectivity index (χ3n) is 3.99. The Balaban J connectivity index is 1.49. The van der Waals surface area contributed by atoms with Crippen molar-refractivity contribution >= 4 is 5.97 Å². The Morgan fingerprint density at radius 3 is 2.00 bits per heavy atom. The number of hydrogen-bond donors (Lipinski definition) is 1. The van der Waals surface area contributed by atoms with Crippen LogP contribution in [-0.4, -0.2) is 24.7 Å². The van der Waals surface area contributed by atoms with E-state index in [9.17, 15) is 4.79 Å². The molecule has 0 aromatic heterocycles. The van der Waals surface area contributed by atoms with Crippen molar-refractivity contribution in [1.29, 1.82) is 0 Å². The van der Waals surface area contributed by atoms with Gasteiger partial charge >= 0.3 is 5.97 Å². The van der Waals surface area contributed by atoms with Crippen LogP contribution in [0, 0.1) is 0 Å². The topological polar surface area (TPSA) is 47.6 Å². The van der Waals surface area contributed by atoms with Gasteiger partial charge in [-0.05, 0) is 11.1 Å². The van der Waals surface area contributed by atoms with Gasteiger partial charge in [0.1, 0.15) is 12.2 Å². The van der Waals surface area contributed by atoms with Gasteiger partial charge < -0.3 is 14.8 Å². The van der Waals surface area contributed by atoms with Gasteiger partial charge in [-0.15, -0.1) is 0 Å². The molecule has 0 radical (unpaired) electrons. The summed E-state index contributed by atoms with van der Waals surface area (Å²) in [6.07, 6.45) is 0.277. The number of rotatable bonds is 7. The minimum absolute atomic E-state index is 0.219. The van der Waals surface area contributed by atoms with Gasteiger partial charge in [-0.25, -0.2) is 0 Å². The van der Waals surface area contributed by atoms with Gasteiger partial charge in [0.05, 0.1) is 13.0 Å². The van der Waals surface area contributed by atoms with Crippen molar-refractivity contribution in [3.8, 4) is 0 Å². The summed E-state index contributed by atoms with van der Waals surface area (Å²) in [6.45, 7) is 2.18. The number of esters is 1. The first-order valence-electron chi connectivity index (χ1n) is 7.84. The molecule has 0 unspecified atom stereocenters. The highest BCUT2D eigenvalue weighted by molar-refractivity contribution is 5.71. The average molecular weight is 311 g/mol. The molecule has 1 N–H and O–H groups in total. The molecule has 0 amide bonds. The fourth-order valence-corrected chi connectivity index (χ4v) is 2.54. The molecule has 0 bridgehead atoms. The van der Waals surface area contributed by atoms with Crippen molar-refractivity contribution in [3.05, 3.63) is 71.8 Å². The second-order valence-corrected chi connectivity index (χ2v) is 5.88. The van der Waals surface area contributed by atoms with Crippen molar-refractivity contribution in [2.45, 2.75) is 25.2 Å². The summed E-state index contributed by atoms with van der Waals surface area (Å²) in [6, 6.07) is 19.7. The maximum Gasteiger partial charge on any atom is 0.309 e. The van der Waals surface area contributed by atoms with Crippen LogP contribution in [0.1, 0.15) is 17.5 Å². The van der Waals surface area contributed by atoms with E-state index in [1.807, 2.05) is 60.7 Å². The zero-order valence-corrected chi connectivity index (χ0v) is 13.0. The summed E-state index contributed by atoms with van der Waals surface area (Å²) in [5.41, 5.74) is 1.66. The van der Waals surface area contributed by atoms with Crippen molar-refractivity contribution in [3.63, 3.8) is 0 Å². The second-order valence-electron chi connectivity index (χ2n) is 5.88. The average Bonchev–Trinajstić information content (AvgIpc) is 2.57. The van der Waals surface area contributed by atoms with Gasteiger partial charge in [0.2, 0.25) is 0 Å². The van der Waals surface area contributed by atoms with Crippen LogP contribution in [0.5, 0.6) is 0 Å².